The molecule has 2 aliphatic rings. The van der Waals surface area contributed by atoms with Gasteiger partial charge in [-0.15, -0.1) is 0 Å². The lowest BCUT2D eigenvalue weighted by molar-refractivity contribution is -0.192. The maximum absolute atomic E-state index is 10.6. The molecule has 1 aromatic rings. The van der Waals surface area contributed by atoms with Crippen LogP contribution in [-0.4, -0.2) is 35.4 Å². The zero-order valence-corrected chi connectivity index (χ0v) is 12.7. The van der Waals surface area contributed by atoms with Gasteiger partial charge in [-0.25, -0.2) is 4.79 Å². The van der Waals surface area contributed by atoms with Crippen molar-refractivity contribution in [2.45, 2.75) is 50.0 Å². The fraction of sp³-hybridized carbons (Fsp3) is 0.500. The van der Waals surface area contributed by atoms with Crippen LogP contribution in [0, 0.1) is 11.3 Å². The molecule has 2 bridgehead atoms. The summed E-state index contributed by atoms with van der Waals surface area (Å²) in [5.41, 5.74) is 0.683. The van der Waals surface area contributed by atoms with Crippen molar-refractivity contribution < 1.29 is 27.8 Å². The van der Waals surface area contributed by atoms with Crippen molar-refractivity contribution in [2.24, 2.45) is 0 Å². The Balaban J connectivity index is 0.000000256. The highest BCUT2D eigenvalue weighted by Gasteiger charge is 2.38. The molecule has 1 aromatic carbocycles. The normalized spacial score (nSPS) is 25.2. The summed E-state index contributed by atoms with van der Waals surface area (Å²) in [5, 5.41) is 19.5. The Kier molecular flexibility index (Phi) is 5.67. The van der Waals surface area contributed by atoms with Crippen LogP contribution in [0.2, 0.25) is 0 Å². The van der Waals surface area contributed by atoms with Crippen LogP contribution < -0.4 is 10.1 Å². The SMILES string of the molecule is N#Cc1ccc(O[C@H]2C[C@H]3CC[C@@H](C2)N3)cc1.O=C(O)C(F)(F)F. The number of ether oxygens (including phenoxy) is 1. The topological polar surface area (TPSA) is 82.3 Å². The molecule has 5 nitrogen and oxygen atoms in total. The van der Waals surface area contributed by atoms with Gasteiger partial charge in [0.05, 0.1) is 11.6 Å². The Labute approximate surface area is 137 Å². The quantitative estimate of drug-likeness (QED) is 0.864. The number of hydrogen-bond donors (Lipinski definition) is 2. The minimum absolute atomic E-state index is 0.335. The summed E-state index contributed by atoms with van der Waals surface area (Å²) in [7, 11) is 0. The van der Waals surface area contributed by atoms with Crippen LogP contribution in [0.15, 0.2) is 24.3 Å². The number of nitrogens with one attached hydrogen (secondary N) is 1. The summed E-state index contributed by atoms with van der Waals surface area (Å²) in [4.78, 5) is 8.90. The third-order valence-corrected chi connectivity index (χ3v) is 3.96. The third kappa shape index (κ3) is 5.13. The number of nitriles is 1. The number of nitrogens with zero attached hydrogens (tertiary/aromatic N) is 1. The first kappa shape index (κ1) is 18.1. The zero-order valence-electron chi connectivity index (χ0n) is 12.7. The number of carboxylic acids is 1. The molecule has 3 rings (SSSR count). The van der Waals surface area contributed by atoms with E-state index in [0.717, 1.165) is 18.6 Å². The van der Waals surface area contributed by atoms with Crippen LogP contribution in [0.3, 0.4) is 0 Å². The van der Waals surface area contributed by atoms with E-state index in [9.17, 15) is 13.2 Å². The van der Waals surface area contributed by atoms with Crippen molar-refractivity contribution in [3.05, 3.63) is 29.8 Å². The molecule has 2 saturated heterocycles. The van der Waals surface area contributed by atoms with Gasteiger partial charge in [-0.2, -0.15) is 18.4 Å². The van der Waals surface area contributed by atoms with Crippen LogP contribution >= 0.6 is 0 Å². The van der Waals surface area contributed by atoms with Crippen molar-refractivity contribution in [2.75, 3.05) is 0 Å². The van der Waals surface area contributed by atoms with E-state index >= 15 is 0 Å². The number of piperidine rings is 1. The molecule has 0 unspecified atom stereocenters. The number of benzene rings is 1. The van der Waals surface area contributed by atoms with Crippen LogP contribution in [0.25, 0.3) is 0 Å². The lowest BCUT2D eigenvalue weighted by Crippen LogP contribution is -2.42. The van der Waals surface area contributed by atoms with Gasteiger partial charge in [0.1, 0.15) is 11.9 Å². The number of carbonyl (C=O) groups is 1. The average Bonchev–Trinajstić information content (AvgIpc) is 2.86. The second kappa shape index (κ2) is 7.53. The van der Waals surface area contributed by atoms with Gasteiger partial charge in [0, 0.05) is 12.1 Å². The molecule has 24 heavy (non-hydrogen) atoms. The van der Waals surface area contributed by atoms with E-state index in [2.05, 4.69) is 11.4 Å². The average molecular weight is 342 g/mol. The fourth-order valence-corrected chi connectivity index (χ4v) is 2.90. The maximum Gasteiger partial charge on any atom is 0.490 e. The Morgan fingerprint density at radius 1 is 1.21 bits per heavy atom. The van der Waals surface area contributed by atoms with Crippen LogP contribution in [0.1, 0.15) is 31.2 Å². The fourth-order valence-electron chi connectivity index (χ4n) is 2.90. The molecule has 2 heterocycles. The number of carboxylic acid groups (broad SMARTS) is 1. The zero-order chi connectivity index (χ0) is 17.7. The van der Waals surface area contributed by atoms with Gasteiger partial charge >= 0.3 is 12.1 Å². The van der Waals surface area contributed by atoms with Gasteiger partial charge in [0.2, 0.25) is 0 Å². The molecule has 0 spiro atoms. The maximum atomic E-state index is 10.6. The second-order valence-corrected chi connectivity index (χ2v) is 5.79. The van der Waals surface area contributed by atoms with Crippen LogP contribution in [0.5, 0.6) is 5.75 Å². The van der Waals surface area contributed by atoms with Crippen LogP contribution in [0.4, 0.5) is 13.2 Å². The summed E-state index contributed by atoms with van der Waals surface area (Å²) in [6, 6.07) is 10.8. The van der Waals surface area contributed by atoms with Crippen molar-refractivity contribution >= 4 is 5.97 Å². The first-order valence-corrected chi connectivity index (χ1v) is 7.51. The number of fused-ring (bicyclic) bond motifs is 2. The molecule has 0 radical (unpaired) electrons. The highest BCUT2D eigenvalue weighted by Crippen LogP contribution is 2.29. The molecule has 0 aromatic heterocycles. The smallest absolute Gasteiger partial charge is 0.490 e. The van der Waals surface area contributed by atoms with Gasteiger partial charge in [0.25, 0.3) is 0 Å². The third-order valence-electron chi connectivity index (χ3n) is 3.96. The van der Waals surface area contributed by atoms with Gasteiger partial charge < -0.3 is 15.2 Å². The summed E-state index contributed by atoms with van der Waals surface area (Å²) in [6.45, 7) is 0. The molecule has 0 amide bonds. The number of rotatable bonds is 2. The number of halogens is 3. The lowest BCUT2D eigenvalue weighted by Gasteiger charge is -2.29. The molecule has 2 N–H and O–H groups in total. The molecule has 2 fully saturated rings. The van der Waals surface area contributed by atoms with E-state index in [0.29, 0.717) is 23.8 Å². The molecule has 0 saturated carbocycles. The molecule has 0 aliphatic carbocycles. The van der Waals surface area contributed by atoms with Crippen LogP contribution in [-0.2, 0) is 4.79 Å². The minimum atomic E-state index is -5.08. The summed E-state index contributed by atoms with van der Waals surface area (Å²) >= 11 is 0. The molecule has 130 valence electrons. The lowest BCUT2D eigenvalue weighted by atomic mass is 10.0. The van der Waals surface area contributed by atoms with Gasteiger partial charge in [-0.1, -0.05) is 0 Å². The highest BCUT2D eigenvalue weighted by atomic mass is 19.4. The largest absolute Gasteiger partial charge is 0.490 e. The standard InChI is InChI=1S/C14H16N2O.C2HF3O2/c15-9-10-1-5-13(6-2-10)17-14-7-11-3-4-12(8-14)16-11;3-2(4,5)1(6)7/h1-2,5-6,11-12,14,16H,3-4,7-8H2;(H,6,7)/t11-,12+,14+;. The predicted molar refractivity (Wildman–Crippen MR) is 78.4 cm³/mol. The van der Waals surface area contributed by atoms with E-state index in [1.54, 1.807) is 0 Å². The van der Waals surface area contributed by atoms with Crippen molar-refractivity contribution in [3.63, 3.8) is 0 Å². The van der Waals surface area contributed by atoms with Crippen molar-refractivity contribution in [3.8, 4) is 11.8 Å². The first-order chi connectivity index (χ1) is 11.3. The second-order valence-electron chi connectivity index (χ2n) is 5.79. The summed E-state index contributed by atoms with van der Waals surface area (Å²) in [5.74, 6) is -1.87. The summed E-state index contributed by atoms with van der Waals surface area (Å²) in [6.07, 6.45) is 0.0460. The molecule has 8 heteroatoms. The monoisotopic (exact) mass is 342 g/mol. The van der Waals surface area contributed by atoms with E-state index in [1.807, 2.05) is 24.3 Å². The van der Waals surface area contributed by atoms with Gasteiger partial charge in [-0.05, 0) is 49.9 Å². The molecular weight excluding hydrogens is 325 g/mol. The van der Waals surface area contributed by atoms with E-state index in [4.69, 9.17) is 19.9 Å². The van der Waals surface area contributed by atoms with E-state index in [1.165, 1.54) is 12.8 Å². The molecule has 2 aliphatic heterocycles. The van der Waals surface area contributed by atoms with E-state index < -0.39 is 12.1 Å². The Morgan fingerprint density at radius 2 is 1.71 bits per heavy atom. The predicted octanol–water partition coefficient (Wildman–Crippen LogP) is 2.85. The first-order valence-electron chi connectivity index (χ1n) is 7.51. The number of alkyl halides is 3. The highest BCUT2D eigenvalue weighted by molar-refractivity contribution is 5.73. The molecule has 3 atom stereocenters. The number of aliphatic carboxylic acids is 1. The van der Waals surface area contributed by atoms with Crippen molar-refractivity contribution in [1.29, 1.82) is 5.26 Å². The Bertz CT molecular complexity index is 598. The molecular formula is C16H17F3N2O3. The van der Waals surface area contributed by atoms with Crippen molar-refractivity contribution in [1.82, 2.24) is 5.32 Å². The van der Waals surface area contributed by atoms with Gasteiger partial charge in [-0.3, -0.25) is 0 Å². The Morgan fingerprint density at radius 3 is 2.12 bits per heavy atom. The minimum Gasteiger partial charge on any atom is -0.490 e. The van der Waals surface area contributed by atoms with E-state index in [-0.39, 0.29) is 0 Å². The number of hydrogen-bond acceptors (Lipinski definition) is 4. The van der Waals surface area contributed by atoms with Gasteiger partial charge in [0.15, 0.2) is 0 Å². The summed E-state index contributed by atoms with van der Waals surface area (Å²) < 4.78 is 37.7. The Hall–Kier alpha value is -2.27.